The highest BCUT2D eigenvalue weighted by Crippen LogP contribution is 2.60. The summed E-state index contributed by atoms with van der Waals surface area (Å²) in [6.45, 7) is 3.80. The van der Waals surface area contributed by atoms with Gasteiger partial charge in [-0.3, -0.25) is 19.4 Å². The zero-order chi connectivity index (χ0) is 33.2. The fraction of sp³-hybridized carbons (Fsp3) is 0.600. The van der Waals surface area contributed by atoms with Crippen LogP contribution >= 0.6 is 0 Å². The van der Waals surface area contributed by atoms with Gasteiger partial charge in [-0.2, -0.15) is 0 Å². The number of piperidine rings is 2. The van der Waals surface area contributed by atoms with E-state index >= 15 is 0 Å². The average molecular weight is 655 g/mol. The number of rotatable bonds is 8. The zero-order valence-corrected chi connectivity index (χ0v) is 29.0. The van der Waals surface area contributed by atoms with Crippen LogP contribution in [0.15, 0.2) is 36.4 Å². The molecule has 2 heterocycles. The van der Waals surface area contributed by atoms with E-state index in [2.05, 4.69) is 34.1 Å². The van der Waals surface area contributed by atoms with Crippen molar-refractivity contribution in [1.29, 1.82) is 0 Å². The third kappa shape index (κ3) is 4.68. The number of ketones is 2. The molecule has 0 unspecified atom stereocenters. The molecule has 6 atom stereocenters. The van der Waals surface area contributed by atoms with Crippen molar-refractivity contribution in [2.45, 2.75) is 87.1 Å². The molecule has 0 N–H and O–H groups in total. The molecule has 2 aliphatic heterocycles. The monoisotopic (exact) mass is 654 g/mol. The van der Waals surface area contributed by atoms with Gasteiger partial charge in [-0.15, -0.1) is 0 Å². The van der Waals surface area contributed by atoms with Crippen molar-refractivity contribution in [1.82, 2.24) is 9.80 Å². The molecular formula is C40H50N2O6. The van der Waals surface area contributed by atoms with E-state index in [1.165, 1.54) is 22.3 Å². The molecule has 2 aromatic carbocycles. The Labute approximate surface area is 284 Å². The number of benzene rings is 2. The second-order valence-corrected chi connectivity index (χ2v) is 15.2. The molecule has 2 aromatic rings. The highest BCUT2D eigenvalue weighted by Gasteiger charge is 2.58. The van der Waals surface area contributed by atoms with Gasteiger partial charge in [0.25, 0.3) is 0 Å². The minimum Gasteiger partial charge on any atom is -0.493 e. The van der Waals surface area contributed by atoms with Gasteiger partial charge in [-0.05, 0) is 86.7 Å². The predicted molar refractivity (Wildman–Crippen MR) is 184 cm³/mol. The summed E-state index contributed by atoms with van der Waals surface area (Å²) in [4.78, 5) is 31.4. The van der Waals surface area contributed by atoms with E-state index in [9.17, 15) is 9.59 Å². The van der Waals surface area contributed by atoms with E-state index in [0.717, 1.165) is 87.7 Å². The molecule has 4 bridgehead atoms. The maximum Gasteiger partial charge on any atom is 0.164 e. The molecule has 2 saturated heterocycles. The summed E-state index contributed by atoms with van der Waals surface area (Å²) >= 11 is 0. The molecule has 2 saturated carbocycles. The third-order valence-corrected chi connectivity index (χ3v) is 13.4. The van der Waals surface area contributed by atoms with Gasteiger partial charge in [0.15, 0.2) is 23.0 Å². The molecule has 4 aliphatic carbocycles. The van der Waals surface area contributed by atoms with Crippen LogP contribution in [0.2, 0.25) is 0 Å². The Balaban J connectivity index is 1.02. The maximum atomic E-state index is 13.0. The van der Waals surface area contributed by atoms with Gasteiger partial charge in [-0.25, -0.2) is 0 Å². The highest BCUT2D eigenvalue weighted by atomic mass is 16.5. The summed E-state index contributed by atoms with van der Waals surface area (Å²) in [7, 11) is 6.86. The lowest BCUT2D eigenvalue weighted by Crippen LogP contribution is -2.62. The lowest BCUT2D eigenvalue weighted by Gasteiger charge is -2.59. The smallest absolute Gasteiger partial charge is 0.164 e. The Hall–Kier alpha value is -3.36. The summed E-state index contributed by atoms with van der Waals surface area (Å²) in [5, 5.41) is 0. The summed E-state index contributed by atoms with van der Waals surface area (Å²) in [6.07, 6.45) is 13.2. The van der Waals surface area contributed by atoms with Crippen molar-refractivity contribution in [2.24, 2.45) is 11.8 Å². The first-order chi connectivity index (χ1) is 23.4. The maximum absolute atomic E-state index is 13.0. The first-order valence-electron chi connectivity index (χ1n) is 18.0. The van der Waals surface area contributed by atoms with E-state index in [-0.39, 0.29) is 10.8 Å². The van der Waals surface area contributed by atoms with Crippen LogP contribution in [0.4, 0.5) is 0 Å². The van der Waals surface area contributed by atoms with Crippen LogP contribution < -0.4 is 18.9 Å². The number of carbonyl (C=O) groups is 2. The fourth-order valence-electron chi connectivity index (χ4n) is 11.6. The lowest BCUT2D eigenvalue weighted by molar-refractivity contribution is -0.128. The standard InChI is InChI=1S/C40H50N2O6/c1-45-33-13-7-25-21-31-29-11-9-27(43)23-39(29,35(25)37(33)47-3)15-19-41(31)17-5-6-18-42-20-16-40-24-28(44)10-12-30(40)32(42)22-26-8-14-34(46-2)38(48-4)36(26)40/h5-8,13-14,29-32H,9-12,15-24H2,1-4H3/b6-5+/t29-,30-,31+,32+,39-,40-/m0/s1. The van der Waals surface area contributed by atoms with E-state index in [0.29, 0.717) is 61.2 Å². The van der Waals surface area contributed by atoms with E-state index < -0.39 is 0 Å². The first-order valence-corrected chi connectivity index (χ1v) is 18.0. The van der Waals surface area contributed by atoms with Crippen LogP contribution in [0.5, 0.6) is 23.0 Å². The number of carbonyl (C=O) groups excluding carboxylic acids is 2. The van der Waals surface area contributed by atoms with E-state index in [4.69, 9.17) is 18.9 Å². The number of Topliss-reactive ketones (excluding diaryl/α,β-unsaturated/α-hetero) is 2. The number of ether oxygens (including phenoxy) is 4. The van der Waals surface area contributed by atoms with Gasteiger partial charge in [0.2, 0.25) is 0 Å². The minimum absolute atomic E-state index is 0.167. The number of nitrogens with zero attached hydrogens (tertiary/aromatic N) is 2. The third-order valence-electron chi connectivity index (χ3n) is 13.4. The Morgan fingerprint density at radius 1 is 0.667 bits per heavy atom. The molecule has 0 amide bonds. The molecule has 8 heteroatoms. The Bertz CT molecular complexity index is 1530. The second-order valence-electron chi connectivity index (χ2n) is 15.2. The minimum atomic E-state index is -0.167. The molecule has 0 aromatic heterocycles. The SMILES string of the molecule is COc1ccc2c(c1OC)[C@]13CCN(C/C=C/CN4CC[C@]56CC(=O)CC[C@H]5[C@H]4Cc4ccc(OC)c(OC)c46)[C@H](C2)[C@@H]1CCC(=O)C3. The molecule has 8 rings (SSSR count). The van der Waals surface area contributed by atoms with Crippen LogP contribution in [0.25, 0.3) is 0 Å². The molecule has 0 spiro atoms. The van der Waals surface area contributed by atoms with Gasteiger partial charge >= 0.3 is 0 Å². The van der Waals surface area contributed by atoms with Crippen molar-refractivity contribution in [3.63, 3.8) is 0 Å². The number of methoxy groups -OCH3 is 4. The molecule has 256 valence electrons. The van der Waals surface area contributed by atoms with Gasteiger partial charge in [0.05, 0.1) is 28.4 Å². The number of likely N-dealkylation sites (tertiary alicyclic amines) is 2. The Morgan fingerprint density at radius 2 is 1.10 bits per heavy atom. The summed E-state index contributed by atoms with van der Waals surface area (Å²) in [6, 6.07) is 9.32. The molecule has 48 heavy (non-hydrogen) atoms. The van der Waals surface area contributed by atoms with Crippen LogP contribution in [-0.4, -0.2) is 88.1 Å². The van der Waals surface area contributed by atoms with Crippen LogP contribution in [0.1, 0.15) is 73.6 Å². The van der Waals surface area contributed by atoms with Crippen LogP contribution in [-0.2, 0) is 33.3 Å². The van der Waals surface area contributed by atoms with Crippen molar-refractivity contribution >= 4 is 11.6 Å². The van der Waals surface area contributed by atoms with Crippen LogP contribution in [0.3, 0.4) is 0 Å². The largest absolute Gasteiger partial charge is 0.493 e. The van der Waals surface area contributed by atoms with Gasteiger partial charge < -0.3 is 18.9 Å². The van der Waals surface area contributed by atoms with E-state index in [1.54, 1.807) is 28.4 Å². The first kappa shape index (κ1) is 31.9. The zero-order valence-electron chi connectivity index (χ0n) is 29.0. The van der Waals surface area contributed by atoms with Gasteiger partial charge in [0.1, 0.15) is 11.6 Å². The molecule has 0 radical (unpaired) electrons. The quantitative estimate of drug-likeness (QED) is 0.348. The normalized spacial score (nSPS) is 32.6. The van der Waals surface area contributed by atoms with Crippen molar-refractivity contribution in [2.75, 3.05) is 54.6 Å². The van der Waals surface area contributed by atoms with Crippen molar-refractivity contribution in [3.8, 4) is 23.0 Å². The average Bonchev–Trinajstić information content (AvgIpc) is 3.09. The van der Waals surface area contributed by atoms with Gasteiger partial charge in [-0.1, -0.05) is 24.3 Å². The van der Waals surface area contributed by atoms with Crippen LogP contribution in [0, 0.1) is 11.8 Å². The molecule has 6 aliphatic rings. The number of hydrogen-bond donors (Lipinski definition) is 0. The van der Waals surface area contributed by atoms with Gasteiger partial charge in [0, 0.05) is 72.8 Å². The number of hydrogen-bond acceptors (Lipinski definition) is 8. The summed E-state index contributed by atoms with van der Waals surface area (Å²) in [5.74, 6) is 4.83. The second kappa shape index (κ2) is 12.2. The number of fused-ring (bicyclic) bond motifs is 2. The molecular weight excluding hydrogens is 604 g/mol. The van der Waals surface area contributed by atoms with Crippen molar-refractivity contribution < 1.29 is 28.5 Å². The molecule has 4 fully saturated rings. The Kier molecular flexibility index (Phi) is 8.10. The summed E-state index contributed by atoms with van der Waals surface area (Å²) < 4.78 is 23.4. The lowest BCUT2D eigenvalue weighted by atomic mass is 9.52. The predicted octanol–water partition coefficient (Wildman–Crippen LogP) is 5.45. The highest BCUT2D eigenvalue weighted by molar-refractivity contribution is 5.83. The topological polar surface area (TPSA) is 77.5 Å². The van der Waals surface area contributed by atoms with Crippen molar-refractivity contribution in [3.05, 3.63) is 58.7 Å². The molecule has 8 nitrogen and oxygen atoms in total. The Morgan fingerprint density at radius 3 is 1.50 bits per heavy atom. The van der Waals surface area contributed by atoms with E-state index in [1.807, 2.05) is 12.1 Å². The fourth-order valence-corrected chi connectivity index (χ4v) is 11.6. The summed E-state index contributed by atoms with van der Waals surface area (Å²) in [5.41, 5.74) is 4.77.